The van der Waals surface area contributed by atoms with Crippen LogP contribution < -0.4 is 0 Å². The van der Waals surface area contributed by atoms with E-state index in [4.69, 9.17) is 0 Å². The summed E-state index contributed by atoms with van der Waals surface area (Å²) in [5.74, 6) is 0.497. The van der Waals surface area contributed by atoms with Gasteiger partial charge in [0.05, 0.1) is 0 Å². The van der Waals surface area contributed by atoms with Crippen LogP contribution in [0.4, 0.5) is 0 Å². The number of unbranched alkanes of at least 4 members (excludes halogenated alkanes) is 1. The van der Waals surface area contributed by atoms with Crippen molar-refractivity contribution in [3.05, 3.63) is 49.6 Å². The highest BCUT2D eigenvalue weighted by Crippen LogP contribution is 2.01. The zero-order chi connectivity index (χ0) is 9.94. The van der Waals surface area contributed by atoms with Crippen molar-refractivity contribution in [1.29, 1.82) is 0 Å². The summed E-state index contributed by atoms with van der Waals surface area (Å²) in [6.45, 7) is 9.51. The lowest BCUT2D eigenvalue weighted by Crippen LogP contribution is -1.79. The Hall–Kier alpha value is -1.04. The summed E-state index contributed by atoms with van der Waals surface area (Å²) in [6.07, 6.45) is 15.8. The number of hydrogen-bond donors (Lipinski definition) is 0. The van der Waals surface area contributed by atoms with Gasteiger partial charge in [0.15, 0.2) is 0 Å². The van der Waals surface area contributed by atoms with Gasteiger partial charge in [0, 0.05) is 0 Å². The molecule has 0 radical (unpaired) electrons. The first-order valence-electron chi connectivity index (χ1n) is 4.86. The summed E-state index contributed by atoms with van der Waals surface area (Å²) in [5.41, 5.74) is 0. The van der Waals surface area contributed by atoms with Crippen LogP contribution in [0.25, 0.3) is 0 Å². The standard InChI is InChI=1S/C13H20/c1-4-6-7-8-9-10-11-12-13(3)5-2/h4-5,7-8,11-13H,1-2,6,9-10H2,3H3. The number of hydrogen-bond acceptors (Lipinski definition) is 0. The Morgan fingerprint density at radius 3 is 2.38 bits per heavy atom. The molecule has 0 saturated carbocycles. The van der Waals surface area contributed by atoms with Crippen molar-refractivity contribution >= 4 is 0 Å². The molecular formula is C13H20. The maximum atomic E-state index is 3.72. The molecule has 1 unspecified atom stereocenters. The van der Waals surface area contributed by atoms with E-state index in [1.165, 1.54) is 0 Å². The van der Waals surface area contributed by atoms with Crippen molar-refractivity contribution in [3.63, 3.8) is 0 Å². The molecule has 0 aromatic carbocycles. The van der Waals surface area contributed by atoms with Gasteiger partial charge in [-0.15, -0.1) is 13.2 Å². The van der Waals surface area contributed by atoms with Gasteiger partial charge in [-0.25, -0.2) is 0 Å². The van der Waals surface area contributed by atoms with Crippen LogP contribution in [0, 0.1) is 5.92 Å². The van der Waals surface area contributed by atoms with E-state index in [2.05, 4.69) is 44.4 Å². The van der Waals surface area contributed by atoms with E-state index in [0.717, 1.165) is 19.3 Å². The fourth-order valence-electron chi connectivity index (χ4n) is 0.892. The van der Waals surface area contributed by atoms with E-state index in [1.54, 1.807) is 0 Å². The lowest BCUT2D eigenvalue weighted by molar-refractivity contribution is 0.923. The Labute approximate surface area is 82.4 Å². The van der Waals surface area contributed by atoms with Crippen molar-refractivity contribution < 1.29 is 0 Å². The smallest absolute Gasteiger partial charge is 0.00846 e. The summed E-state index contributed by atoms with van der Waals surface area (Å²) < 4.78 is 0. The molecule has 13 heavy (non-hydrogen) atoms. The molecule has 0 aliphatic rings. The molecule has 0 nitrogen and oxygen atoms in total. The van der Waals surface area contributed by atoms with Crippen molar-refractivity contribution in [1.82, 2.24) is 0 Å². The van der Waals surface area contributed by atoms with Gasteiger partial charge in [-0.1, -0.05) is 43.4 Å². The van der Waals surface area contributed by atoms with E-state index >= 15 is 0 Å². The largest absolute Gasteiger partial charge is 0.103 e. The lowest BCUT2D eigenvalue weighted by atomic mass is 10.1. The summed E-state index contributed by atoms with van der Waals surface area (Å²) in [7, 11) is 0. The summed E-state index contributed by atoms with van der Waals surface area (Å²) in [5, 5.41) is 0. The van der Waals surface area contributed by atoms with Gasteiger partial charge in [0.25, 0.3) is 0 Å². The Morgan fingerprint density at radius 2 is 1.77 bits per heavy atom. The van der Waals surface area contributed by atoms with E-state index in [1.807, 2.05) is 12.2 Å². The predicted octanol–water partition coefficient (Wildman–Crippen LogP) is 4.28. The van der Waals surface area contributed by atoms with Crippen LogP contribution in [0.2, 0.25) is 0 Å². The van der Waals surface area contributed by atoms with Crippen LogP contribution in [-0.4, -0.2) is 0 Å². The average Bonchev–Trinajstić information content (AvgIpc) is 2.16. The highest BCUT2D eigenvalue weighted by Gasteiger charge is 1.84. The second-order valence-electron chi connectivity index (χ2n) is 3.10. The molecule has 0 fully saturated rings. The Kier molecular flexibility index (Phi) is 8.33. The molecule has 72 valence electrons. The molecule has 0 spiro atoms. The average molecular weight is 176 g/mol. The second-order valence-corrected chi connectivity index (χ2v) is 3.10. The molecule has 0 aromatic rings. The third-order valence-corrected chi connectivity index (χ3v) is 1.78. The summed E-state index contributed by atoms with van der Waals surface area (Å²) in [6, 6.07) is 0. The van der Waals surface area contributed by atoms with Crippen LogP contribution >= 0.6 is 0 Å². The van der Waals surface area contributed by atoms with E-state index in [-0.39, 0.29) is 0 Å². The SMILES string of the molecule is C=CCC=CCCC=CC(C)C=C. The normalized spacial score (nSPS) is 13.6. The number of allylic oxidation sites excluding steroid dienone is 6. The van der Waals surface area contributed by atoms with Crippen LogP contribution in [0.3, 0.4) is 0 Å². The molecule has 0 aromatic heterocycles. The third-order valence-electron chi connectivity index (χ3n) is 1.78. The van der Waals surface area contributed by atoms with Crippen LogP contribution in [0.15, 0.2) is 49.6 Å². The minimum absolute atomic E-state index is 0.497. The Morgan fingerprint density at radius 1 is 1.08 bits per heavy atom. The molecule has 0 heteroatoms. The highest BCUT2D eigenvalue weighted by atomic mass is 13.9. The molecule has 0 saturated heterocycles. The van der Waals surface area contributed by atoms with Crippen LogP contribution in [0.5, 0.6) is 0 Å². The van der Waals surface area contributed by atoms with Crippen molar-refractivity contribution in [2.45, 2.75) is 26.2 Å². The molecule has 0 aliphatic heterocycles. The minimum atomic E-state index is 0.497. The Bertz CT molecular complexity index is 184. The fourth-order valence-corrected chi connectivity index (χ4v) is 0.892. The Balaban J connectivity index is 3.39. The van der Waals surface area contributed by atoms with Crippen LogP contribution in [0.1, 0.15) is 26.2 Å². The summed E-state index contributed by atoms with van der Waals surface area (Å²) in [4.78, 5) is 0. The maximum absolute atomic E-state index is 3.72. The molecular weight excluding hydrogens is 156 g/mol. The second kappa shape index (κ2) is 9.05. The fraction of sp³-hybridized carbons (Fsp3) is 0.385. The highest BCUT2D eigenvalue weighted by molar-refractivity contribution is 4.96. The van der Waals surface area contributed by atoms with Gasteiger partial charge in [0.2, 0.25) is 0 Å². The van der Waals surface area contributed by atoms with Crippen LogP contribution in [-0.2, 0) is 0 Å². The van der Waals surface area contributed by atoms with E-state index < -0.39 is 0 Å². The maximum Gasteiger partial charge on any atom is -0.00846 e. The third kappa shape index (κ3) is 8.87. The van der Waals surface area contributed by atoms with Gasteiger partial charge >= 0.3 is 0 Å². The first-order valence-corrected chi connectivity index (χ1v) is 4.86. The molecule has 0 amide bonds. The molecule has 0 rings (SSSR count). The minimum Gasteiger partial charge on any atom is -0.103 e. The quantitative estimate of drug-likeness (QED) is 0.401. The topological polar surface area (TPSA) is 0 Å². The van der Waals surface area contributed by atoms with Crippen molar-refractivity contribution in [2.75, 3.05) is 0 Å². The molecule has 0 bridgehead atoms. The molecule has 0 N–H and O–H groups in total. The van der Waals surface area contributed by atoms with E-state index in [0.29, 0.717) is 5.92 Å². The monoisotopic (exact) mass is 176 g/mol. The predicted molar refractivity (Wildman–Crippen MR) is 61.7 cm³/mol. The summed E-state index contributed by atoms with van der Waals surface area (Å²) >= 11 is 0. The van der Waals surface area contributed by atoms with Gasteiger partial charge in [-0.05, 0) is 25.2 Å². The van der Waals surface area contributed by atoms with Gasteiger partial charge < -0.3 is 0 Å². The van der Waals surface area contributed by atoms with Gasteiger partial charge in [0.1, 0.15) is 0 Å². The lowest BCUT2D eigenvalue weighted by Gasteiger charge is -1.94. The van der Waals surface area contributed by atoms with Gasteiger partial charge in [-0.3, -0.25) is 0 Å². The van der Waals surface area contributed by atoms with Crippen molar-refractivity contribution in [2.24, 2.45) is 5.92 Å². The zero-order valence-electron chi connectivity index (χ0n) is 8.58. The molecule has 0 aliphatic carbocycles. The zero-order valence-corrected chi connectivity index (χ0v) is 8.58. The van der Waals surface area contributed by atoms with Gasteiger partial charge in [-0.2, -0.15) is 0 Å². The molecule has 0 heterocycles. The first kappa shape index (κ1) is 12.0. The van der Waals surface area contributed by atoms with Crippen molar-refractivity contribution in [3.8, 4) is 0 Å². The van der Waals surface area contributed by atoms with E-state index in [9.17, 15) is 0 Å². The first-order chi connectivity index (χ1) is 6.31. The number of rotatable bonds is 7. The molecule has 1 atom stereocenters.